The largest absolute Gasteiger partial charge is 0.351 e. The lowest BCUT2D eigenvalue weighted by Gasteiger charge is -2.16. The Morgan fingerprint density at radius 3 is 2.90 bits per heavy atom. The molecule has 4 aromatic rings. The highest BCUT2D eigenvalue weighted by atomic mass is 19.1. The minimum atomic E-state index is -0.343. The first-order chi connectivity index (χ1) is 14.0. The van der Waals surface area contributed by atoms with Crippen LogP contribution in [0.15, 0.2) is 53.1 Å². The number of nitrogens with one attached hydrogen (secondary N) is 1. The smallest absolute Gasteiger partial charge is 0.274 e. The lowest BCUT2D eigenvalue weighted by molar-refractivity contribution is -0.129. The molecule has 0 spiro atoms. The van der Waals surface area contributed by atoms with Crippen LogP contribution >= 0.6 is 0 Å². The molecule has 0 bridgehead atoms. The Morgan fingerprint density at radius 1 is 1.21 bits per heavy atom. The van der Waals surface area contributed by atoms with Crippen LogP contribution in [0.25, 0.3) is 22.5 Å². The van der Waals surface area contributed by atoms with E-state index in [0.717, 1.165) is 16.6 Å². The molecule has 0 aliphatic heterocycles. The van der Waals surface area contributed by atoms with Crippen LogP contribution in [0.2, 0.25) is 0 Å². The second-order valence-corrected chi connectivity index (χ2v) is 7.16. The Hall–Kier alpha value is -3.48. The molecular formula is C22H21FN4O2. The molecule has 0 radical (unpaired) electrons. The molecule has 0 aliphatic rings. The fraction of sp³-hybridized carbons (Fsp3) is 0.227. The van der Waals surface area contributed by atoms with E-state index >= 15 is 0 Å². The summed E-state index contributed by atoms with van der Waals surface area (Å²) in [4.78, 5) is 21.6. The number of benzene rings is 2. The van der Waals surface area contributed by atoms with E-state index in [-0.39, 0.29) is 18.1 Å². The number of aromatic amines is 1. The number of hydrogen-bond donors (Lipinski definition) is 1. The van der Waals surface area contributed by atoms with Crippen molar-refractivity contribution in [3.63, 3.8) is 0 Å². The maximum absolute atomic E-state index is 13.3. The number of H-pyrrole nitrogens is 1. The van der Waals surface area contributed by atoms with Gasteiger partial charge in [0.2, 0.25) is 5.91 Å². The van der Waals surface area contributed by atoms with Crippen molar-refractivity contribution < 1.29 is 13.7 Å². The van der Waals surface area contributed by atoms with Gasteiger partial charge in [-0.2, -0.15) is 4.98 Å². The monoisotopic (exact) mass is 392 g/mol. The number of rotatable bonds is 6. The number of nitrogens with zero attached hydrogens (tertiary/aromatic N) is 3. The molecule has 2 aromatic carbocycles. The van der Waals surface area contributed by atoms with Gasteiger partial charge in [0, 0.05) is 30.9 Å². The van der Waals surface area contributed by atoms with Crippen LogP contribution in [0.1, 0.15) is 17.0 Å². The summed E-state index contributed by atoms with van der Waals surface area (Å²) in [6.07, 6.45) is 0.620. The predicted molar refractivity (Wildman–Crippen MR) is 108 cm³/mol. The summed E-state index contributed by atoms with van der Waals surface area (Å²) in [5, 5.41) is 5.10. The standard InChI is InChI=1S/C22H21FN4O2/c1-14-6-7-18-16(10-14)13-19(24-18)22-25-20(26-29-22)8-9-27(2)21(28)12-15-4-3-5-17(23)11-15/h3-7,10-11,13,24H,8-9,12H2,1-2H3. The maximum atomic E-state index is 13.3. The van der Waals surface area contributed by atoms with Crippen molar-refractivity contribution >= 4 is 16.8 Å². The van der Waals surface area contributed by atoms with Crippen molar-refractivity contribution in [1.29, 1.82) is 0 Å². The molecule has 0 saturated heterocycles. The fourth-order valence-electron chi connectivity index (χ4n) is 3.18. The van der Waals surface area contributed by atoms with E-state index in [1.807, 2.05) is 25.1 Å². The number of aryl methyl sites for hydroxylation is 1. The third-order valence-electron chi connectivity index (χ3n) is 4.82. The molecule has 2 heterocycles. The van der Waals surface area contributed by atoms with E-state index in [0.29, 0.717) is 30.2 Å². The first kappa shape index (κ1) is 18.9. The summed E-state index contributed by atoms with van der Waals surface area (Å²) < 4.78 is 18.6. The van der Waals surface area contributed by atoms with Gasteiger partial charge in [-0.15, -0.1) is 0 Å². The van der Waals surface area contributed by atoms with Gasteiger partial charge in [-0.3, -0.25) is 4.79 Å². The molecule has 4 rings (SSSR count). The van der Waals surface area contributed by atoms with Crippen LogP contribution in [0.3, 0.4) is 0 Å². The van der Waals surface area contributed by atoms with Crippen molar-refractivity contribution in [3.05, 3.63) is 71.3 Å². The van der Waals surface area contributed by atoms with Crippen LogP contribution in [0.5, 0.6) is 0 Å². The predicted octanol–water partition coefficient (Wildman–Crippen LogP) is 3.91. The number of amides is 1. The topological polar surface area (TPSA) is 75.0 Å². The van der Waals surface area contributed by atoms with E-state index in [1.54, 1.807) is 24.1 Å². The highest BCUT2D eigenvalue weighted by Gasteiger charge is 2.14. The fourth-order valence-corrected chi connectivity index (χ4v) is 3.18. The average molecular weight is 392 g/mol. The summed E-state index contributed by atoms with van der Waals surface area (Å²) in [6, 6.07) is 14.2. The van der Waals surface area contributed by atoms with E-state index in [1.165, 1.54) is 17.7 Å². The minimum absolute atomic E-state index is 0.0923. The summed E-state index contributed by atoms with van der Waals surface area (Å²) in [6.45, 7) is 2.49. The van der Waals surface area contributed by atoms with Crippen molar-refractivity contribution in [1.82, 2.24) is 20.0 Å². The molecule has 0 aliphatic carbocycles. The second kappa shape index (κ2) is 7.87. The number of fused-ring (bicyclic) bond motifs is 1. The Balaban J connectivity index is 1.37. The number of carbonyl (C=O) groups excluding carboxylic acids is 1. The van der Waals surface area contributed by atoms with Crippen molar-refractivity contribution in [2.45, 2.75) is 19.8 Å². The number of carbonyl (C=O) groups is 1. The zero-order valence-electron chi connectivity index (χ0n) is 16.3. The van der Waals surface area contributed by atoms with Gasteiger partial charge in [0.1, 0.15) is 11.5 Å². The third kappa shape index (κ3) is 4.34. The van der Waals surface area contributed by atoms with Gasteiger partial charge < -0.3 is 14.4 Å². The van der Waals surface area contributed by atoms with Gasteiger partial charge in [0.05, 0.1) is 6.42 Å². The van der Waals surface area contributed by atoms with Gasteiger partial charge in [-0.1, -0.05) is 28.9 Å². The first-order valence-electron chi connectivity index (χ1n) is 9.39. The molecule has 0 unspecified atom stereocenters. The molecule has 1 N–H and O–H groups in total. The van der Waals surface area contributed by atoms with E-state index in [2.05, 4.69) is 21.2 Å². The molecule has 6 nitrogen and oxygen atoms in total. The van der Waals surface area contributed by atoms with Gasteiger partial charge in [0.25, 0.3) is 5.89 Å². The normalized spacial score (nSPS) is 11.1. The van der Waals surface area contributed by atoms with Crippen LogP contribution in [0, 0.1) is 12.7 Å². The van der Waals surface area contributed by atoms with E-state index < -0.39 is 0 Å². The van der Waals surface area contributed by atoms with Crippen LogP contribution in [0.4, 0.5) is 4.39 Å². The third-order valence-corrected chi connectivity index (χ3v) is 4.82. The highest BCUT2D eigenvalue weighted by Crippen LogP contribution is 2.23. The Bertz CT molecular complexity index is 1160. The van der Waals surface area contributed by atoms with Crippen LogP contribution in [-0.2, 0) is 17.6 Å². The van der Waals surface area contributed by atoms with Crippen molar-refractivity contribution in [2.24, 2.45) is 0 Å². The minimum Gasteiger partial charge on any atom is -0.351 e. The molecular weight excluding hydrogens is 371 g/mol. The number of hydrogen-bond acceptors (Lipinski definition) is 4. The molecule has 1 amide bonds. The quantitative estimate of drug-likeness (QED) is 0.540. The Kier molecular flexibility index (Phi) is 5.12. The van der Waals surface area contributed by atoms with Gasteiger partial charge in [-0.05, 0) is 42.8 Å². The number of halogens is 1. The average Bonchev–Trinajstić information content (AvgIpc) is 3.32. The lowest BCUT2D eigenvalue weighted by atomic mass is 10.1. The summed E-state index contributed by atoms with van der Waals surface area (Å²) in [5.41, 5.74) is 3.60. The SMILES string of the molecule is Cc1ccc2[nH]c(-c3nc(CCN(C)C(=O)Cc4cccc(F)c4)no3)cc2c1. The van der Waals surface area contributed by atoms with Gasteiger partial charge in [-0.25, -0.2) is 4.39 Å². The van der Waals surface area contributed by atoms with E-state index in [4.69, 9.17) is 4.52 Å². The number of aromatic nitrogens is 3. The summed E-state index contributed by atoms with van der Waals surface area (Å²) >= 11 is 0. The Morgan fingerprint density at radius 2 is 2.07 bits per heavy atom. The van der Waals surface area contributed by atoms with Crippen LogP contribution < -0.4 is 0 Å². The van der Waals surface area contributed by atoms with Crippen molar-refractivity contribution in [3.8, 4) is 11.6 Å². The zero-order chi connectivity index (χ0) is 20.4. The zero-order valence-corrected chi connectivity index (χ0v) is 16.3. The van der Waals surface area contributed by atoms with Gasteiger partial charge >= 0.3 is 0 Å². The van der Waals surface area contributed by atoms with Crippen LogP contribution in [-0.4, -0.2) is 39.5 Å². The summed E-state index contributed by atoms with van der Waals surface area (Å²) in [5.74, 6) is 0.512. The Labute approximate surface area is 167 Å². The molecule has 0 atom stereocenters. The molecule has 0 fully saturated rings. The number of likely N-dealkylation sites (N-methyl/N-ethyl adjacent to an activating group) is 1. The second-order valence-electron chi connectivity index (χ2n) is 7.16. The van der Waals surface area contributed by atoms with Gasteiger partial charge in [0.15, 0.2) is 5.82 Å². The first-order valence-corrected chi connectivity index (χ1v) is 9.39. The lowest BCUT2D eigenvalue weighted by Crippen LogP contribution is -2.30. The van der Waals surface area contributed by atoms with Crippen molar-refractivity contribution in [2.75, 3.05) is 13.6 Å². The molecule has 7 heteroatoms. The molecule has 29 heavy (non-hydrogen) atoms. The van der Waals surface area contributed by atoms with E-state index in [9.17, 15) is 9.18 Å². The summed E-state index contributed by atoms with van der Waals surface area (Å²) in [7, 11) is 1.71. The highest BCUT2D eigenvalue weighted by molar-refractivity contribution is 5.85. The molecule has 0 saturated carbocycles. The molecule has 2 aromatic heterocycles. The maximum Gasteiger partial charge on any atom is 0.274 e. The molecule has 148 valence electrons.